The molecule has 2 aromatic rings. The van der Waals surface area contributed by atoms with Crippen LogP contribution in [0.5, 0.6) is 0 Å². The van der Waals surface area contributed by atoms with Crippen molar-refractivity contribution in [3.63, 3.8) is 0 Å². The summed E-state index contributed by atoms with van der Waals surface area (Å²) in [5.74, 6) is 0.244. The third-order valence-electron chi connectivity index (χ3n) is 2.83. The molecule has 0 saturated heterocycles. The number of pyridine rings is 1. The highest BCUT2D eigenvalue weighted by atomic mass is 16.3. The van der Waals surface area contributed by atoms with Crippen molar-refractivity contribution in [1.82, 2.24) is 4.98 Å². The average molecular weight is 226 g/mol. The van der Waals surface area contributed by atoms with E-state index in [0.29, 0.717) is 16.9 Å². The summed E-state index contributed by atoms with van der Waals surface area (Å²) >= 11 is 0. The molecule has 1 N–H and O–H groups in total. The first-order chi connectivity index (χ1) is 8.29. The second kappa shape index (κ2) is 3.68. The maximum Gasteiger partial charge on any atom is 0.262 e. The Kier molecular flexibility index (Phi) is 2.16. The van der Waals surface area contributed by atoms with Gasteiger partial charge >= 0.3 is 0 Å². The Balaban J connectivity index is 2.10. The van der Waals surface area contributed by atoms with Gasteiger partial charge in [0.25, 0.3) is 5.91 Å². The van der Waals surface area contributed by atoms with Crippen molar-refractivity contribution >= 4 is 11.7 Å². The molecule has 1 aliphatic heterocycles. The summed E-state index contributed by atoms with van der Waals surface area (Å²) in [7, 11) is 0. The summed E-state index contributed by atoms with van der Waals surface area (Å²) in [4.78, 5) is 17.5. The number of amides is 1. The quantitative estimate of drug-likeness (QED) is 0.805. The molecule has 1 aromatic heterocycles. The summed E-state index contributed by atoms with van der Waals surface area (Å²) in [6.45, 7) is 0. The predicted octanol–water partition coefficient (Wildman–Crippen LogP) is 1.73. The van der Waals surface area contributed by atoms with Crippen molar-refractivity contribution in [2.75, 3.05) is 4.90 Å². The minimum absolute atomic E-state index is 0.216. The van der Waals surface area contributed by atoms with Gasteiger partial charge in [0.15, 0.2) is 6.23 Å². The number of aliphatic hydroxyl groups excluding tert-OH is 1. The number of benzene rings is 1. The lowest BCUT2D eigenvalue weighted by molar-refractivity contribution is 0.0933. The van der Waals surface area contributed by atoms with Crippen LogP contribution in [0.15, 0.2) is 48.7 Å². The molecule has 0 radical (unpaired) electrons. The van der Waals surface area contributed by atoms with Gasteiger partial charge in [0.1, 0.15) is 5.82 Å². The highest BCUT2D eigenvalue weighted by molar-refractivity contribution is 6.10. The fourth-order valence-corrected chi connectivity index (χ4v) is 2.02. The zero-order chi connectivity index (χ0) is 11.8. The Morgan fingerprint density at radius 2 is 1.88 bits per heavy atom. The van der Waals surface area contributed by atoms with Crippen LogP contribution < -0.4 is 4.90 Å². The van der Waals surface area contributed by atoms with Gasteiger partial charge in [0.05, 0.1) is 0 Å². The minimum Gasteiger partial charge on any atom is -0.369 e. The Bertz CT molecular complexity index is 569. The number of fused-ring (bicyclic) bond motifs is 1. The molecule has 0 aliphatic carbocycles. The molecule has 1 amide bonds. The molecule has 0 spiro atoms. The van der Waals surface area contributed by atoms with E-state index >= 15 is 0 Å². The number of carbonyl (C=O) groups is 1. The highest BCUT2D eigenvalue weighted by Gasteiger charge is 2.36. The van der Waals surface area contributed by atoms with Gasteiger partial charge in [-0.15, -0.1) is 0 Å². The van der Waals surface area contributed by atoms with E-state index in [1.165, 1.54) is 4.90 Å². The molecule has 4 nitrogen and oxygen atoms in total. The van der Waals surface area contributed by atoms with E-state index < -0.39 is 6.23 Å². The largest absolute Gasteiger partial charge is 0.369 e. The number of rotatable bonds is 1. The fraction of sp³-hybridized carbons (Fsp3) is 0.0769. The van der Waals surface area contributed by atoms with Crippen LogP contribution in [-0.4, -0.2) is 16.0 Å². The van der Waals surface area contributed by atoms with E-state index in [4.69, 9.17) is 0 Å². The molecule has 2 heterocycles. The molecule has 3 rings (SSSR count). The van der Waals surface area contributed by atoms with Crippen LogP contribution in [0.4, 0.5) is 5.82 Å². The van der Waals surface area contributed by atoms with Crippen molar-refractivity contribution in [3.05, 3.63) is 59.8 Å². The van der Waals surface area contributed by atoms with Crippen molar-refractivity contribution < 1.29 is 9.90 Å². The van der Waals surface area contributed by atoms with E-state index in [1.807, 2.05) is 0 Å². The second-order valence-electron chi connectivity index (χ2n) is 3.82. The first kappa shape index (κ1) is 9.99. The van der Waals surface area contributed by atoms with Crippen LogP contribution in [0.3, 0.4) is 0 Å². The van der Waals surface area contributed by atoms with Gasteiger partial charge in [-0.05, 0) is 18.2 Å². The number of nitrogens with zero attached hydrogens (tertiary/aromatic N) is 2. The van der Waals surface area contributed by atoms with Crippen LogP contribution in [-0.2, 0) is 0 Å². The normalized spacial score (nSPS) is 18.3. The number of anilines is 1. The minimum atomic E-state index is -0.950. The van der Waals surface area contributed by atoms with Gasteiger partial charge in [-0.1, -0.05) is 24.3 Å². The first-order valence-corrected chi connectivity index (χ1v) is 5.30. The number of aliphatic hydroxyl groups is 1. The Labute approximate surface area is 98.1 Å². The van der Waals surface area contributed by atoms with E-state index in [-0.39, 0.29) is 5.91 Å². The van der Waals surface area contributed by atoms with E-state index in [9.17, 15) is 9.90 Å². The monoisotopic (exact) mass is 226 g/mol. The topological polar surface area (TPSA) is 53.4 Å². The predicted molar refractivity (Wildman–Crippen MR) is 62.4 cm³/mol. The third-order valence-corrected chi connectivity index (χ3v) is 2.83. The Morgan fingerprint density at radius 1 is 1.12 bits per heavy atom. The number of hydrogen-bond donors (Lipinski definition) is 1. The molecular weight excluding hydrogens is 216 g/mol. The van der Waals surface area contributed by atoms with Crippen molar-refractivity contribution in [1.29, 1.82) is 0 Å². The highest BCUT2D eigenvalue weighted by Crippen LogP contribution is 2.34. The van der Waals surface area contributed by atoms with Crippen LogP contribution in [0.2, 0.25) is 0 Å². The van der Waals surface area contributed by atoms with Crippen molar-refractivity contribution in [2.24, 2.45) is 0 Å². The molecule has 1 atom stereocenters. The van der Waals surface area contributed by atoms with Gasteiger partial charge in [-0.25, -0.2) is 4.98 Å². The van der Waals surface area contributed by atoms with Crippen LogP contribution >= 0.6 is 0 Å². The fourth-order valence-electron chi connectivity index (χ4n) is 2.02. The maximum absolute atomic E-state index is 12.1. The second-order valence-corrected chi connectivity index (χ2v) is 3.82. The average Bonchev–Trinajstić information content (AvgIpc) is 2.64. The summed E-state index contributed by atoms with van der Waals surface area (Å²) in [5.41, 5.74) is 1.16. The van der Waals surface area contributed by atoms with E-state index in [2.05, 4.69) is 4.98 Å². The molecule has 84 valence electrons. The van der Waals surface area contributed by atoms with Gasteiger partial charge in [0, 0.05) is 17.3 Å². The molecule has 0 saturated carbocycles. The SMILES string of the molecule is O=C1c2ccccc2[C@@H](O)N1c1ccccn1. The summed E-state index contributed by atoms with van der Waals surface area (Å²) < 4.78 is 0. The number of carbonyl (C=O) groups excluding carboxylic acids is 1. The summed E-state index contributed by atoms with van der Waals surface area (Å²) in [5, 5.41) is 10.1. The molecule has 1 aliphatic rings. The lowest BCUT2D eigenvalue weighted by Crippen LogP contribution is -2.28. The lowest BCUT2D eigenvalue weighted by atomic mass is 10.1. The number of aromatic nitrogens is 1. The first-order valence-electron chi connectivity index (χ1n) is 5.30. The zero-order valence-corrected chi connectivity index (χ0v) is 8.95. The summed E-state index contributed by atoms with van der Waals surface area (Å²) in [6.07, 6.45) is 0.645. The van der Waals surface area contributed by atoms with Crippen LogP contribution in [0, 0.1) is 0 Å². The zero-order valence-electron chi connectivity index (χ0n) is 8.95. The molecule has 4 heteroatoms. The van der Waals surface area contributed by atoms with Crippen LogP contribution in [0.25, 0.3) is 0 Å². The van der Waals surface area contributed by atoms with Crippen LogP contribution in [0.1, 0.15) is 22.1 Å². The van der Waals surface area contributed by atoms with Gasteiger partial charge in [0.2, 0.25) is 0 Å². The molecule has 17 heavy (non-hydrogen) atoms. The molecule has 0 fully saturated rings. The van der Waals surface area contributed by atoms with E-state index in [1.54, 1.807) is 48.7 Å². The lowest BCUT2D eigenvalue weighted by Gasteiger charge is -2.19. The summed E-state index contributed by atoms with van der Waals surface area (Å²) in [6, 6.07) is 12.3. The van der Waals surface area contributed by atoms with Crippen molar-refractivity contribution in [2.45, 2.75) is 6.23 Å². The van der Waals surface area contributed by atoms with Gasteiger partial charge in [-0.3, -0.25) is 9.69 Å². The molecule has 1 aromatic carbocycles. The standard InChI is InChI=1S/C13H10N2O2/c16-12-9-5-1-2-6-10(9)13(17)15(12)11-7-3-4-8-14-11/h1-8,12,16H/t12-/m1/s1. The smallest absolute Gasteiger partial charge is 0.262 e. The Morgan fingerprint density at radius 3 is 2.59 bits per heavy atom. The maximum atomic E-state index is 12.1. The molecular formula is C13H10N2O2. The Hall–Kier alpha value is -2.20. The molecule has 0 unspecified atom stereocenters. The number of hydrogen-bond acceptors (Lipinski definition) is 3. The third kappa shape index (κ3) is 1.42. The van der Waals surface area contributed by atoms with Gasteiger partial charge < -0.3 is 5.11 Å². The van der Waals surface area contributed by atoms with Crippen molar-refractivity contribution in [3.8, 4) is 0 Å². The van der Waals surface area contributed by atoms with Gasteiger partial charge in [-0.2, -0.15) is 0 Å². The van der Waals surface area contributed by atoms with E-state index in [0.717, 1.165) is 0 Å². The molecule has 0 bridgehead atoms.